The molecule has 3 rings (SSSR count). The second kappa shape index (κ2) is 6.60. The molecule has 0 aromatic heterocycles. The number of hydrogen-bond donors (Lipinski definition) is 1. The van der Waals surface area contributed by atoms with Gasteiger partial charge in [-0.3, -0.25) is 0 Å². The van der Waals surface area contributed by atoms with Gasteiger partial charge in [-0.25, -0.2) is 0 Å². The summed E-state index contributed by atoms with van der Waals surface area (Å²) in [5, 5.41) is 12.2. The maximum Gasteiger partial charge on any atom is 0.0577 e. The van der Waals surface area contributed by atoms with Gasteiger partial charge in [0, 0.05) is 0 Å². The van der Waals surface area contributed by atoms with E-state index in [1.54, 1.807) is 11.1 Å². The summed E-state index contributed by atoms with van der Waals surface area (Å²) in [6.45, 7) is 0. The summed E-state index contributed by atoms with van der Waals surface area (Å²) in [6, 6.07) is 0. The molecule has 0 radical (unpaired) electrons. The van der Waals surface area contributed by atoms with Gasteiger partial charge in [-0.1, -0.05) is 33.9 Å². The monoisotopic (exact) mass is 273 g/mol. The van der Waals surface area contributed by atoms with Crippen LogP contribution in [0, 0.1) is 0 Å². The fourth-order valence-corrected chi connectivity index (χ4v) is 4.19. The van der Waals surface area contributed by atoms with Gasteiger partial charge < -0.3 is 5.21 Å². The minimum atomic E-state index is 0.975. The van der Waals surface area contributed by atoms with Crippen LogP contribution in [-0.4, -0.2) is 10.9 Å². The highest BCUT2D eigenvalue weighted by Gasteiger charge is 2.20. The fraction of sp³-hybridized carbons (Fsp3) is 0.722. The minimum absolute atomic E-state index is 0.975. The molecule has 0 spiro atoms. The molecule has 3 aliphatic rings. The highest BCUT2D eigenvalue weighted by molar-refractivity contribution is 5.85. The van der Waals surface area contributed by atoms with Crippen molar-refractivity contribution in [3.63, 3.8) is 0 Å². The number of allylic oxidation sites excluding steroid dienone is 4. The number of hydrogen-bond acceptors (Lipinski definition) is 2. The Morgan fingerprint density at radius 1 is 0.500 bits per heavy atom. The maximum absolute atomic E-state index is 8.83. The highest BCUT2D eigenvalue weighted by Crippen LogP contribution is 2.38. The fourth-order valence-electron chi connectivity index (χ4n) is 4.19. The van der Waals surface area contributed by atoms with E-state index in [2.05, 4.69) is 5.16 Å². The zero-order valence-corrected chi connectivity index (χ0v) is 12.6. The lowest BCUT2D eigenvalue weighted by molar-refractivity contribution is 0.315. The third-order valence-electron chi connectivity index (χ3n) is 5.49. The van der Waals surface area contributed by atoms with Gasteiger partial charge in [-0.15, -0.1) is 0 Å². The molecule has 3 aliphatic carbocycles. The van der Waals surface area contributed by atoms with Gasteiger partial charge in [0.2, 0.25) is 0 Å². The minimum Gasteiger partial charge on any atom is -0.411 e. The quantitative estimate of drug-likeness (QED) is 0.352. The lowest BCUT2D eigenvalue weighted by Gasteiger charge is -2.27. The average molecular weight is 273 g/mol. The van der Waals surface area contributed by atoms with E-state index in [9.17, 15) is 0 Å². The van der Waals surface area contributed by atoms with Crippen molar-refractivity contribution in [2.24, 2.45) is 5.16 Å². The summed E-state index contributed by atoms with van der Waals surface area (Å²) in [7, 11) is 0. The summed E-state index contributed by atoms with van der Waals surface area (Å²) in [5.74, 6) is 0. The van der Waals surface area contributed by atoms with Gasteiger partial charge in [0.05, 0.1) is 5.71 Å². The second-order valence-electron chi connectivity index (χ2n) is 6.64. The molecule has 0 bridgehead atoms. The zero-order valence-electron chi connectivity index (χ0n) is 12.6. The molecule has 3 fully saturated rings. The van der Waals surface area contributed by atoms with E-state index < -0.39 is 0 Å². The van der Waals surface area contributed by atoms with Gasteiger partial charge >= 0.3 is 0 Å². The predicted molar refractivity (Wildman–Crippen MR) is 83.3 cm³/mol. The van der Waals surface area contributed by atoms with Crippen LogP contribution < -0.4 is 0 Å². The SMILES string of the molecule is ON=C1CCC(=C2CCC(=C3CCCCC3)CC2)CC1. The molecule has 0 aromatic rings. The first-order valence-corrected chi connectivity index (χ1v) is 8.46. The molecule has 110 valence electrons. The van der Waals surface area contributed by atoms with Crippen molar-refractivity contribution in [1.29, 1.82) is 0 Å². The molecule has 20 heavy (non-hydrogen) atoms. The molecule has 3 saturated carbocycles. The second-order valence-corrected chi connectivity index (χ2v) is 6.64. The van der Waals surface area contributed by atoms with E-state index >= 15 is 0 Å². The number of rotatable bonds is 0. The van der Waals surface area contributed by atoms with Gasteiger partial charge in [-0.05, 0) is 77.0 Å². The topological polar surface area (TPSA) is 32.6 Å². The summed E-state index contributed by atoms with van der Waals surface area (Å²) >= 11 is 0. The van der Waals surface area contributed by atoms with Crippen LogP contribution in [0.25, 0.3) is 0 Å². The molecule has 0 atom stereocenters. The van der Waals surface area contributed by atoms with Crippen molar-refractivity contribution in [3.05, 3.63) is 22.3 Å². The molecular weight excluding hydrogens is 246 g/mol. The van der Waals surface area contributed by atoms with E-state index in [0.717, 1.165) is 31.4 Å². The Labute approximate surface area is 122 Å². The van der Waals surface area contributed by atoms with Crippen molar-refractivity contribution in [3.8, 4) is 0 Å². The summed E-state index contributed by atoms with van der Waals surface area (Å²) in [5.41, 5.74) is 8.04. The Kier molecular flexibility index (Phi) is 4.59. The van der Waals surface area contributed by atoms with Gasteiger partial charge in [0.25, 0.3) is 0 Å². The molecular formula is C18H27NO. The largest absolute Gasteiger partial charge is 0.411 e. The van der Waals surface area contributed by atoms with Crippen molar-refractivity contribution in [1.82, 2.24) is 0 Å². The Hall–Kier alpha value is -1.05. The lowest BCUT2D eigenvalue weighted by Crippen LogP contribution is -2.11. The third-order valence-corrected chi connectivity index (χ3v) is 5.49. The van der Waals surface area contributed by atoms with E-state index in [0.29, 0.717) is 0 Å². The molecule has 0 aromatic carbocycles. The van der Waals surface area contributed by atoms with Crippen LogP contribution in [0.4, 0.5) is 0 Å². The van der Waals surface area contributed by atoms with E-state index in [4.69, 9.17) is 5.21 Å². The van der Waals surface area contributed by atoms with E-state index in [1.165, 1.54) is 57.8 Å². The maximum atomic E-state index is 8.83. The van der Waals surface area contributed by atoms with Crippen molar-refractivity contribution in [2.45, 2.75) is 83.5 Å². The van der Waals surface area contributed by atoms with Crippen LogP contribution in [-0.2, 0) is 0 Å². The van der Waals surface area contributed by atoms with Crippen LogP contribution in [0.5, 0.6) is 0 Å². The van der Waals surface area contributed by atoms with E-state index in [-0.39, 0.29) is 0 Å². The summed E-state index contributed by atoms with van der Waals surface area (Å²) < 4.78 is 0. The third kappa shape index (κ3) is 3.16. The first-order valence-electron chi connectivity index (χ1n) is 8.46. The average Bonchev–Trinajstić information content (AvgIpc) is 2.56. The summed E-state index contributed by atoms with van der Waals surface area (Å²) in [4.78, 5) is 0. The van der Waals surface area contributed by atoms with Crippen LogP contribution in [0.2, 0.25) is 0 Å². The molecule has 2 heteroatoms. The molecule has 1 N–H and O–H groups in total. The van der Waals surface area contributed by atoms with Gasteiger partial charge in [0.15, 0.2) is 0 Å². The first-order chi connectivity index (χ1) is 9.86. The molecule has 0 heterocycles. The Morgan fingerprint density at radius 3 is 1.35 bits per heavy atom. The molecule has 0 aliphatic heterocycles. The number of nitrogens with zero attached hydrogens (tertiary/aromatic N) is 1. The van der Waals surface area contributed by atoms with Crippen LogP contribution in [0.3, 0.4) is 0 Å². The highest BCUT2D eigenvalue weighted by atomic mass is 16.4. The first kappa shape index (κ1) is 13.9. The van der Waals surface area contributed by atoms with Gasteiger partial charge in [-0.2, -0.15) is 0 Å². The van der Waals surface area contributed by atoms with Gasteiger partial charge in [0.1, 0.15) is 0 Å². The predicted octanol–water partition coefficient (Wildman–Crippen LogP) is 5.52. The Morgan fingerprint density at radius 2 is 0.900 bits per heavy atom. The zero-order chi connectivity index (χ0) is 13.8. The molecule has 0 unspecified atom stereocenters. The molecule has 0 amide bonds. The Bertz CT molecular complexity index is 424. The van der Waals surface area contributed by atoms with Crippen LogP contribution >= 0.6 is 0 Å². The smallest absolute Gasteiger partial charge is 0.0577 e. The number of oxime groups is 1. The molecule has 2 nitrogen and oxygen atoms in total. The van der Waals surface area contributed by atoms with Crippen molar-refractivity contribution < 1.29 is 5.21 Å². The molecule has 0 saturated heterocycles. The lowest BCUT2D eigenvalue weighted by atomic mass is 9.79. The van der Waals surface area contributed by atoms with Crippen molar-refractivity contribution in [2.75, 3.05) is 0 Å². The van der Waals surface area contributed by atoms with Crippen LogP contribution in [0.15, 0.2) is 27.4 Å². The Balaban J connectivity index is 1.61. The summed E-state index contributed by atoms with van der Waals surface area (Å²) in [6.07, 6.45) is 16.6. The normalized spacial score (nSPS) is 25.1. The standard InChI is InChI=1S/C18H27NO/c20-19-18-12-10-17(11-13-18)16-8-6-15(7-9-16)14-4-2-1-3-5-14/h20H,1-13H2. The van der Waals surface area contributed by atoms with Crippen LogP contribution in [0.1, 0.15) is 83.5 Å². The van der Waals surface area contributed by atoms with E-state index in [1.807, 2.05) is 11.1 Å². The van der Waals surface area contributed by atoms with Crippen molar-refractivity contribution >= 4 is 5.71 Å².